The maximum atomic E-state index is 14.2. The number of ketones is 1. The first kappa shape index (κ1) is 34.3. The van der Waals surface area contributed by atoms with E-state index in [1.165, 1.54) is 24.5 Å². The van der Waals surface area contributed by atoms with Crippen LogP contribution in [0.1, 0.15) is 67.6 Å². The summed E-state index contributed by atoms with van der Waals surface area (Å²) in [5.74, 6) is -6.09. The van der Waals surface area contributed by atoms with E-state index in [-0.39, 0.29) is 37.1 Å². The molecule has 3 N–H and O–H groups in total. The van der Waals surface area contributed by atoms with Crippen LogP contribution in [0, 0.1) is 5.92 Å². The molecule has 7 rings (SSSR count). The van der Waals surface area contributed by atoms with Crippen LogP contribution in [0.25, 0.3) is 33.3 Å². The fourth-order valence-electron chi connectivity index (χ4n) is 5.96. The third-order valence-corrected chi connectivity index (χ3v) is 10.7. The minimum Gasteiger partial charge on any atom is -0.477 e. The van der Waals surface area contributed by atoms with E-state index in [9.17, 15) is 35.9 Å². The third-order valence-electron chi connectivity index (χ3n) is 8.35. The molecule has 49 heavy (non-hydrogen) atoms. The van der Waals surface area contributed by atoms with E-state index in [4.69, 9.17) is 10.8 Å². The highest BCUT2D eigenvalue weighted by Gasteiger charge is 2.46. The van der Waals surface area contributed by atoms with Gasteiger partial charge in [-0.25, -0.2) is 40.2 Å². The fraction of sp³-hybridized carbons (Fsp3) is 0.273. The van der Waals surface area contributed by atoms with Gasteiger partial charge in [-0.2, -0.15) is 10.2 Å². The molecule has 16 heteroatoms. The normalized spacial score (nSPS) is 17.5. The fourth-order valence-corrected chi connectivity index (χ4v) is 7.80. The highest BCUT2D eigenvalue weighted by atomic mass is 32.1. The van der Waals surface area contributed by atoms with E-state index in [1.54, 1.807) is 57.8 Å². The Morgan fingerprint density at radius 1 is 0.857 bits per heavy atom. The molecule has 256 valence electrons. The summed E-state index contributed by atoms with van der Waals surface area (Å²) in [6.07, 6.45) is 0.773. The smallest absolute Gasteiger partial charge is 0.345 e. The zero-order valence-electron chi connectivity index (χ0n) is 25.3. The van der Waals surface area contributed by atoms with Gasteiger partial charge in [-0.15, -0.1) is 22.7 Å². The Bertz CT molecular complexity index is 2140. The SMILES string of the molecule is N[C@H]1CCCC(F)(F)[C@@H]1CC(=O)c1cc(-c2cnn3ccccc23)c(C(F)F)s1.O=C(O)c1cc(-c2cnn3ccccc23)c(C(F)F)s1. The number of aromatic nitrogens is 4. The summed E-state index contributed by atoms with van der Waals surface area (Å²) in [6.45, 7) is 0. The van der Waals surface area contributed by atoms with E-state index in [0.717, 1.165) is 0 Å². The van der Waals surface area contributed by atoms with Crippen LogP contribution in [0.5, 0.6) is 0 Å². The molecule has 0 saturated heterocycles. The van der Waals surface area contributed by atoms with Crippen LogP contribution >= 0.6 is 22.7 Å². The van der Waals surface area contributed by atoms with Crippen LogP contribution in [0.3, 0.4) is 0 Å². The van der Waals surface area contributed by atoms with E-state index in [1.807, 2.05) is 0 Å². The number of rotatable bonds is 8. The maximum absolute atomic E-state index is 14.2. The molecule has 1 saturated carbocycles. The van der Waals surface area contributed by atoms with Gasteiger partial charge in [0.25, 0.3) is 18.8 Å². The lowest BCUT2D eigenvalue weighted by Crippen LogP contribution is -2.46. The zero-order chi connectivity index (χ0) is 35.0. The molecular weight excluding hydrogens is 693 g/mol. The average Bonchev–Trinajstić information content (AvgIpc) is 3.86. The van der Waals surface area contributed by atoms with Crippen LogP contribution in [-0.2, 0) is 0 Å². The Balaban J connectivity index is 0.000000182. The van der Waals surface area contributed by atoms with Gasteiger partial charge in [0.1, 0.15) is 4.88 Å². The molecule has 2 atom stereocenters. The van der Waals surface area contributed by atoms with E-state index in [2.05, 4.69) is 10.2 Å². The number of fused-ring (bicyclic) bond motifs is 2. The largest absolute Gasteiger partial charge is 0.477 e. The molecule has 0 aromatic carbocycles. The monoisotopic (exact) mass is 719 g/mol. The molecule has 0 amide bonds. The van der Waals surface area contributed by atoms with Gasteiger partial charge < -0.3 is 10.8 Å². The van der Waals surface area contributed by atoms with Crippen LogP contribution in [0.15, 0.2) is 73.3 Å². The van der Waals surface area contributed by atoms with Crippen molar-refractivity contribution >= 4 is 45.5 Å². The number of carbonyl (C=O) groups excluding carboxylic acids is 1. The first-order valence-electron chi connectivity index (χ1n) is 14.9. The molecule has 6 aromatic heterocycles. The predicted octanol–water partition coefficient (Wildman–Crippen LogP) is 9.03. The van der Waals surface area contributed by atoms with Crippen molar-refractivity contribution in [2.24, 2.45) is 11.7 Å². The number of pyridine rings is 2. The number of carboxylic acids is 1. The first-order valence-corrected chi connectivity index (χ1v) is 16.6. The van der Waals surface area contributed by atoms with Gasteiger partial charge in [0.05, 0.1) is 38.1 Å². The Morgan fingerprint density at radius 3 is 1.86 bits per heavy atom. The average molecular weight is 720 g/mol. The van der Waals surface area contributed by atoms with Crippen molar-refractivity contribution in [1.29, 1.82) is 0 Å². The maximum Gasteiger partial charge on any atom is 0.345 e. The minimum atomic E-state index is -3.03. The number of hydrogen-bond acceptors (Lipinski definition) is 7. The van der Waals surface area contributed by atoms with Crippen molar-refractivity contribution in [2.45, 2.75) is 50.5 Å². The molecule has 6 heterocycles. The number of nitrogens with zero attached hydrogens (tertiary/aromatic N) is 4. The first-order chi connectivity index (χ1) is 23.4. The lowest BCUT2D eigenvalue weighted by molar-refractivity contribution is -0.0922. The molecular formula is C33H27F6N5O3S2. The molecule has 0 spiro atoms. The van der Waals surface area contributed by atoms with Crippen molar-refractivity contribution in [3.63, 3.8) is 0 Å². The third kappa shape index (κ3) is 6.85. The van der Waals surface area contributed by atoms with Gasteiger partial charge >= 0.3 is 5.97 Å². The van der Waals surface area contributed by atoms with Crippen molar-refractivity contribution in [3.05, 3.63) is 92.8 Å². The van der Waals surface area contributed by atoms with E-state index >= 15 is 0 Å². The summed E-state index contributed by atoms with van der Waals surface area (Å²) >= 11 is 1.25. The summed E-state index contributed by atoms with van der Waals surface area (Å²) in [5.41, 5.74) is 8.52. The Labute approximate surface area is 282 Å². The topological polar surface area (TPSA) is 115 Å². The Hall–Kier alpha value is -4.54. The van der Waals surface area contributed by atoms with E-state index < -0.39 is 48.9 Å². The van der Waals surface area contributed by atoms with Gasteiger partial charge in [-0.1, -0.05) is 12.1 Å². The second kappa shape index (κ2) is 13.8. The van der Waals surface area contributed by atoms with Gasteiger partial charge in [0.2, 0.25) is 0 Å². The molecule has 0 bridgehead atoms. The standard InChI is InChI=1S/C20H19F4N3OS.C13H8F2N2O2S/c21-19(22)18-11(12-10-26-27-7-2-1-5-15(12)27)8-17(29-18)16(28)9-13-14(25)4-3-6-20(13,23)24;14-12(15)11-7(5-10(20-11)13(18)19)8-6-16-17-4-2-1-3-9(8)17/h1-2,5,7-8,10,13-14,19H,3-4,6,9,25H2;1-6,12H,(H,18,19)/t13-,14+;/m1./s1. The lowest BCUT2D eigenvalue weighted by atomic mass is 9.78. The number of nitrogens with two attached hydrogens (primary N) is 1. The Morgan fingerprint density at radius 2 is 1.37 bits per heavy atom. The van der Waals surface area contributed by atoms with Gasteiger partial charge in [-0.05, 0) is 49.2 Å². The van der Waals surface area contributed by atoms with Gasteiger partial charge in [-0.3, -0.25) is 4.79 Å². The van der Waals surface area contributed by atoms with E-state index in [0.29, 0.717) is 57.7 Å². The van der Waals surface area contributed by atoms with Crippen molar-refractivity contribution in [3.8, 4) is 22.3 Å². The second-order valence-corrected chi connectivity index (χ2v) is 13.6. The highest BCUT2D eigenvalue weighted by molar-refractivity contribution is 7.15. The number of aromatic carboxylic acids is 1. The van der Waals surface area contributed by atoms with Crippen LogP contribution in [0.4, 0.5) is 26.3 Å². The summed E-state index contributed by atoms with van der Waals surface area (Å²) in [4.78, 5) is 23.1. The molecule has 0 unspecified atom stereocenters. The molecule has 0 aliphatic heterocycles. The predicted molar refractivity (Wildman–Crippen MR) is 173 cm³/mol. The number of hydrogen-bond donors (Lipinski definition) is 2. The van der Waals surface area contributed by atoms with Crippen molar-refractivity contribution in [1.82, 2.24) is 19.2 Å². The van der Waals surface area contributed by atoms with Crippen molar-refractivity contribution < 1.29 is 41.0 Å². The minimum absolute atomic E-state index is 0.0409. The molecule has 1 fully saturated rings. The number of halogens is 6. The number of carboxylic acid groups (broad SMARTS) is 1. The molecule has 1 aliphatic rings. The van der Waals surface area contributed by atoms with Crippen LogP contribution in [0.2, 0.25) is 0 Å². The lowest BCUT2D eigenvalue weighted by Gasteiger charge is -2.35. The summed E-state index contributed by atoms with van der Waals surface area (Å²) < 4.78 is 85.1. The number of carbonyl (C=O) groups is 2. The van der Waals surface area contributed by atoms with Crippen LogP contribution < -0.4 is 5.73 Å². The summed E-state index contributed by atoms with van der Waals surface area (Å²) in [6, 6.07) is 12.4. The molecule has 0 radical (unpaired) electrons. The Kier molecular flexibility index (Phi) is 9.64. The number of alkyl halides is 6. The molecule has 8 nitrogen and oxygen atoms in total. The molecule has 6 aromatic rings. The number of thiophene rings is 2. The quantitative estimate of drug-likeness (QED) is 0.120. The summed E-state index contributed by atoms with van der Waals surface area (Å²) in [5, 5.41) is 17.2. The molecule has 1 aliphatic carbocycles. The second-order valence-electron chi connectivity index (χ2n) is 11.4. The summed E-state index contributed by atoms with van der Waals surface area (Å²) in [7, 11) is 0. The van der Waals surface area contributed by atoms with Crippen LogP contribution in [-0.4, -0.2) is 48.1 Å². The zero-order valence-corrected chi connectivity index (χ0v) is 26.9. The number of Topliss-reactive ketones (excluding diaryl/α,β-unsaturated/α-hetero) is 1. The van der Waals surface area contributed by atoms with Crippen molar-refractivity contribution in [2.75, 3.05) is 0 Å². The van der Waals surface area contributed by atoms with Gasteiger partial charge in [0.15, 0.2) is 5.78 Å². The highest BCUT2D eigenvalue weighted by Crippen LogP contribution is 2.44. The van der Waals surface area contributed by atoms with Gasteiger partial charge in [0, 0.05) is 59.4 Å².